The highest BCUT2D eigenvalue weighted by atomic mass is 16.5. The van der Waals surface area contributed by atoms with Crippen LogP contribution in [0, 0.1) is 0 Å². The summed E-state index contributed by atoms with van der Waals surface area (Å²) in [4.78, 5) is 19.5. The summed E-state index contributed by atoms with van der Waals surface area (Å²) in [6, 6.07) is 0. The second kappa shape index (κ2) is 19.7. The van der Waals surface area contributed by atoms with Crippen molar-refractivity contribution in [3.8, 4) is 0 Å². The molecule has 0 radical (unpaired) electrons. The Hall–Kier alpha value is -1.32. The van der Waals surface area contributed by atoms with Gasteiger partial charge in [-0.15, -0.1) is 0 Å². The molecule has 0 aliphatic rings. The number of carboxylic acid groups (broad SMARTS) is 1. The van der Waals surface area contributed by atoms with Gasteiger partial charge in [-0.25, -0.2) is 0 Å². The molecule has 0 aromatic heterocycles. The normalized spacial score (nSPS) is 10.1. The van der Waals surface area contributed by atoms with Crippen molar-refractivity contribution in [3.63, 3.8) is 0 Å². The van der Waals surface area contributed by atoms with Crippen LogP contribution in [-0.4, -0.2) is 23.7 Å². The fourth-order valence-electron chi connectivity index (χ4n) is 1.84. The molecule has 0 spiro atoms. The van der Waals surface area contributed by atoms with Gasteiger partial charge in [0.05, 0.1) is 6.61 Å². The minimum absolute atomic E-state index is 0.162. The van der Waals surface area contributed by atoms with E-state index in [0.29, 0.717) is 6.61 Å². The van der Waals surface area contributed by atoms with Crippen molar-refractivity contribution in [2.24, 2.45) is 0 Å². The third kappa shape index (κ3) is 31.2. The smallest absolute Gasteiger partial charge is 0.302 e. The molecule has 0 saturated carbocycles. The Morgan fingerprint density at radius 3 is 1.82 bits per heavy atom. The SMILES string of the molecule is CC(=O)O.CCCC/C=C\CCCCCCCCOC(C)=O. The number of allylic oxidation sites excluding steroid dienone is 2. The van der Waals surface area contributed by atoms with Crippen LogP contribution in [0.3, 0.4) is 0 Å². The third-order valence-electron chi connectivity index (χ3n) is 2.96. The largest absolute Gasteiger partial charge is 0.481 e. The highest BCUT2D eigenvalue weighted by Crippen LogP contribution is 2.08. The van der Waals surface area contributed by atoms with Crippen LogP contribution in [-0.2, 0) is 14.3 Å². The molecule has 22 heavy (non-hydrogen) atoms. The van der Waals surface area contributed by atoms with E-state index in [4.69, 9.17) is 14.6 Å². The molecule has 0 aliphatic heterocycles. The molecule has 0 heterocycles. The lowest BCUT2D eigenvalue weighted by Gasteiger charge is -2.02. The maximum absolute atomic E-state index is 10.5. The van der Waals surface area contributed by atoms with Gasteiger partial charge in [0, 0.05) is 13.8 Å². The number of aliphatic carboxylic acids is 1. The minimum atomic E-state index is -0.833. The molecule has 130 valence electrons. The summed E-state index contributed by atoms with van der Waals surface area (Å²) >= 11 is 0. The third-order valence-corrected chi connectivity index (χ3v) is 2.96. The maximum Gasteiger partial charge on any atom is 0.302 e. The van der Waals surface area contributed by atoms with E-state index in [9.17, 15) is 4.79 Å². The van der Waals surface area contributed by atoms with Gasteiger partial charge in [0.15, 0.2) is 0 Å². The van der Waals surface area contributed by atoms with Crippen LogP contribution in [0.5, 0.6) is 0 Å². The Bertz CT molecular complexity index is 281. The quantitative estimate of drug-likeness (QED) is 0.308. The summed E-state index contributed by atoms with van der Waals surface area (Å²) in [5.41, 5.74) is 0. The van der Waals surface area contributed by atoms with Gasteiger partial charge in [-0.05, 0) is 25.7 Å². The molecule has 1 N–H and O–H groups in total. The van der Waals surface area contributed by atoms with Crippen molar-refractivity contribution in [2.75, 3.05) is 6.61 Å². The number of rotatable bonds is 12. The van der Waals surface area contributed by atoms with Gasteiger partial charge in [0.1, 0.15) is 0 Å². The molecule has 0 saturated heterocycles. The molecule has 0 aliphatic carbocycles. The van der Waals surface area contributed by atoms with Gasteiger partial charge < -0.3 is 9.84 Å². The number of ether oxygens (including phenoxy) is 1. The number of carbonyl (C=O) groups is 2. The molecule has 0 atom stereocenters. The van der Waals surface area contributed by atoms with E-state index in [1.165, 1.54) is 64.7 Å². The van der Waals surface area contributed by atoms with E-state index in [1.54, 1.807) is 0 Å². The highest BCUT2D eigenvalue weighted by molar-refractivity contribution is 5.65. The van der Waals surface area contributed by atoms with Crippen LogP contribution in [0.1, 0.15) is 85.0 Å². The second-order valence-electron chi connectivity index (χ2n) is 5.38. The monoisotopic (exact) mass is 314 g/mol. The molecular weight excluding hydrogens is 280 g/mol. The number of carbonyl (C=O) groups excluding carboxylic acids is 1. The van der Waals surface area contributed by atoms with Crippen LogP contribution in [0.15, 0.2) is 12.2 Å². The average Bonchev–Trinajstić information content (AvgIpc) is 2.43. The summed E-state index contributed by atoms with van der Waals surface area (Å²) in [5.74, 6) is -0.995. The van der Waals surface area contributed by atoms with Crippen molar-refractivity contribution < 1.29 is 19.4 Å². The van der Waals surface area contributed by atoms with Gasteiger partial charge in [-0.1, -0.05) is 57.6 Å². The molecule has 0 unspecified atom stereocenters. The van der Waals surface area contributed by atoms with Gasteiger partial charge >= 0.3 is 5.97 Å². The van der Waals surface area contributed by atoms with E-state index in [0.717, 1.165) is 13.3 Å². The van der Waals surface area contributed by atoms with Gasteiger partial charge in [-0.3, -0.25) is 9.59 Å². The number of hydrogen-bond acceptors (Lipinski definition) is 3. The summed E-state index contributed by atoms with van der Waals surface area (Å²) in [7, 11) is 0. The average molecular weight is 314 g/mol. The van der Waals surface area contributed by atoms with Crippen LogP contribution in [0.2, 0.25) is 0 Å². The number of unbranched alkanes of at least 4 members (excludes halogenated alkanes) is 8. The van der Waals surface area contributed by atoms with E-state index in [-0.39, 0.29) is 5.97 Å². The summed E-state index contributed by atoms with van der Waals surface area (Å²) in [6.45, 7) is 5.37. The molecule has 4 heteroatoms. The van der Waals surface area contributed by atoms with Crippen molar-refractivity contribution in [1.82, 2.24) is 0 Å². The van der Waals surface area contributed by atoms with Crippen LogP contribution in [0.25, 0.3) is 0 Å². The zero-order chi connectivity index (χ0) is 17.1. The fourth-order valence-corrected chi connectivity index (χ4v) is 1.84. The van der Waals surface area contributed by atoms with Crippen molar-refractivity contribution in [3.05, 3.63) is 12.2 Å². The summed E-state index contributed by atoms with van der Waals surface area (Å²) < 4.78 is 4.89. The topological polar surface area (TPSA) is 63.6 Å². The molecule has 4 nitrogen and oxygen atoms in total. The molecule has 0 rings (SSSR count). The molecule has 0 bridgehead atoms. The van der Waals surface area contributed by atoms with E-state index in [1.807, 2.05) is 0 Å². The maximum atomic E-state index is 10.5. The van der Waals surface area contributed by atoms with Crippen LogP contribution < -0.4 is 0 Å². The van der Waals surface area contributed by atoms with E-state index in [2.05, 4.69) is 19.1 Å². The minimum Gasteiger partial charge on any atom is -0.481 e. The number of carboxylic acids is 1. The summed E-state index contributed by atoms with van der Waals surface area (Å²) in [5, 5.41) is 7.42. The lowest BCUT2D eigenvalue weighted by atomic mass is 10.1. The Balaban J connectivity index is 0. The molecule has 0 fully saturated rings. The van der Waals surface area contributed by atoms with E-state index >= 15 is 0 Å². The molecular formula is C18H34O4. The Labute approximate surface area is 135 Å². The highest BCUT2D eigenvalue weighted by Gasteiger charge is 1.93. The first kappa shape index (κ1) is 23.0. The van der Waals surface area contributed by atoms with Gasteiger partial charge in [0.25, 0.3) is 5.97 Å². The van der Waals surface area contributed by atoms with Crippen molar-refractivity contribution in [2.45, 2.75) is 85.0 Å². The zero-order valence-corrected chi connectivity index (χ0v) is 14.6. The first-order valence-electron chi connectivity index (χ1n) is 8.48. The standard InChI is InChI=1S/C16H30O2.C2H4O2/c1-3-4-5-6-7-8-9-10-11-12-13-14-15-18-16(2)17;1-2(3)4/h6-7H,3-5,8-15H2,1-2H3;1H3,(H,3,4)/b7-6-;. The Morgan fingerprint density at radius 2 is 1.32 bits per heavy atom. The molecule has 0 aromatic rings. The number of hydrogen-bond donors (Lipinski definition) is 1. The Kier molecular flexibility index (Phi) is 20.5. The molecule has 0 aromatic carbocycles. The lowest BCUT2D eigenvalue weighted by molar-refractivity contribution is -0.141. The van der Waals surface area contributed by atoms with Crippen molar-refractivity contribution >= 4 is 11.9 Å². The predicted octanol–water partition coefficient (Wildman–Crippen LogP) is 5.12. The first-order valence-corrected chi connectivity index (χ1v) is 8.48. The van der Waals surface area contributed by atoms with Crippen LogP contribution in [0.4, 0.5) is 0 Å². The van der Waals surface area contributed by atoms with E-state index < -0.39 is 5.97 Å². The Morgan fingerprint density at radius 1 is 0.864 bits per heavy atom. The lowest BCUT2D eigenvalue weighted by Crippen LogP contribution is -1.99. The first-order chi connectivity index (χ1) is 10.5. The van der Waals surface area contributed by atoms with Crippen LogP contribution >= 0.6 is 0 Å². The zero-order valence-electron chi connectivity index (χ0n) is 14.6. The fraction of sp³-hybridized carbons (Fsp3) is 0.778. The second-order valence-corrected chi connectivity index (χ2v) is 5.38. The number of esters is 1. The molecule has 0 amide bonds. The summed E-state index contributed by atoms with van der Waals surface area (Å²) in [6.07, 6.45) is 17.1. The van der Waals surface area contributed by atoms with Crippen molar-refractivity contribution in [1.29, 1.82) is 0 Å². The van der Waals surface area contributed by atoms with Gasteiger partial charge in [0.2, 0.25) is 0 Å². The van der Waals surface area contributed by atoms with Gasteiger partial charge in [-0.2, -0.15) is 0 Å². The predicted molar refractivity (Wildman–Crippen MR) is 90.9 cm³/mol.